The van der Waals surface area contributed by atoms with Crippen molar-refractivity contribution in [1.29, 1.82) is 0 Å². The maximum Gasteiger partial charge on any atom is 0.116 e. The van der Waals surface area contributed by atoms with Crippen LogP contribution in [0.2, 0.25) is 0 Å². The summed E-state index contributed by atoms with van der Waals surface area (Å²) in [6.45, 7) is 3.75. The molecule has 0 radical (unpaired) electrons. The van der Waals surface area contributed by atoms with Gasteiger partial charge in [0, 0.05) is 0 Å². The van der Waals surface area contributed by atoms with E-state index in [1.54, 1.807) is 17.4 Å². The molecule has 3 rings (SSSR count). The first-order chi connectivity index (χ1) is 8.36. The molecule has 0 saturated carbocycles. The molecule has 0 amide bonds. The van der Waals surface area contributed by atoms with Crippen LogP contribution in [0.1, 0.15) is 5.01 Å². The van der Waals surface area contributed by atoms with Crippen molar-refractivity contribution in [3.05, 3.63) is 60.1 Å². The molecule has 0 aliphatic heterocycles. The van der Waals surface area contributed by atoms with Gasteiger partial charge in [0.25, 0.3) is 0 Å². The summed E-state index contributed by atoms with van der Waals surface area (Å²) >= 11 is 1.68. The summed E-state index contributed by atoms with van der Waals surface area (Å²) in [4.78, 5) is 4.47. The molecule has 1 aromatic heterocycles. The first-order valence-electron chi connectivity index (χ1n) is 5.45. The number of benzene rings is 2. The van der Waals surface area contributed by atoms with Crippen LogP contribution >= 0.6 is 11.3 Å². The zero-order valence-electron chi connectivity index (χ0n) is 9.26. The summed E-state index contributed by atoms with van der Waals surface area (Å²) in [6.07, 6.45) is 1.80. The number of rotatable bonds is 2. The van der Waals surface area contributed by atoms with Crippen LogP contribution in [-0.4, -0.2) is 4.98 Å². The van der Waals surface area contributed by atoms with E-state index in [1.165, 1.54) is 15.8 Å². The van der Waals surface area contributed by atoms with Gasteiger partial charge in [-0.3, -0.25) is 0 Å². The predicted molar refractivity (Wildman–Crippen MR) is 75.1 cm³/mol. The molecule has 1 nitrogen and oxygen atoms in total. The molecule has 2 aromatic carbocycles. The molecule has 0 aliphatic carbocycles. The van der Waals surface area contributed by atoms with E-state index in [1.807, 2.05) is 6.07 Å². The summed E-state index contributed by atoms with van der Waals surface area (Å²) in [5, 5.41) is 0.977. The van der Waals surface area contributed by atoms with Gasteiger partial charge in [-0.2, -0.15) is 0 Å². The molecule has 0 fully saturated rings. The standard InChI is InChI=1S/C15H11NS/c1-2-15-16-13-9-8-12(10-14(13)17-15)11-6-4-3-5-7-11/h2-10H,1H2. The fourth-order valence-corrected chi connectivity index (χ4v) is 2.70. The predicted octanol–water partition coefficient (Wildman–Crippen LogP) is 4.61. The van der Waals surface area contributed by atoms with Crippen molar-refractivity contribution in [2.75, 3.05) is 0 Å². The number of thiazole rings is 1. The summed E-state index contributed by atoms with van der Waals surface area (Å²) in [6, 6.07) is 16.8. The number of aromatic nitrogens is 1. The van der Waals surface area contributed by atoms with Crippen LogP contribution in [0, 0.1) is 0 Å². The largest absolute Gasteiger partial charge is 0.237 e. The molecule has 0 aliphatic rings. The molecular weight excluding hydrogens is 226 g/mol. The van der Waals surface area contributed by atoms with Crippen molar-refractivity contribution in [2.45, 2.75) is 0 Å². The monoisotopic (exact) mass is 237 g/mol. The summed E-state index contributed by atoms with van der Waals surface area (Å²) in [5.41, 5.74) is 3.52. The molecule has 17 heavy (non-hydrogen) atoms. The molecule has 0 spiro atoms. The third kappa shape index (κ3) is 1.87. The van der Waals surface area contributed by atoms with E-state index in [0.29, 0.717) is 0 Å². The Hall–Kier alpha value is -1.93. The topological polar surface area (TPSA) is 12.9 Å². The van der Waals surface area contributed by atoms with Crippen LogP contribution in [-0.2, 0) is 0 Å². The van der Waals surface area contributed by atoms with Gasteiger partial charge in [-0.15, -0.1) is 11.3 Å². The van der Waals surface area contributed by atoms with Gasteiger partial charge in [0.15, 0.2) is 0 Å². The molecule has 2 heteroatoms. The van der Waals surface area contributed by atoms with Gasteiger partial charge in [-0.05, 0) is 29.3 Å². The van der Waals surface area contributed by atoms with Crippen LogP contribution in [0.25, 0.3) is 27.4 Å². The molecule has 0 unspecified atom stereocenters. The third-order valence-electron chi connectivity index (χ3n) is 2.69. The highest BCUT2D eigenvalue weighted by Gasteiger charge is 2.03. The Morgan fingerprint density at radius 3 is 2.59 bits per heavy atom. The molecule has 82 valence electrons. The quantitative estimate of drug-likeness (QED) is 0.634. The van der Waals surface area contributed by atoms with Crippen molar-refractivity contribution in [3.8, 4) is 11.1 Å². The average Bonchev–Trinajstić information content (AvgIpc) is 2.81. The summed E-state index contributed by atoms with van der Waals surface area (Å²) in [5.74, 6) is 0. The molecule has 0 bridgehead atoms. The van der Waals surface area contributed by atoms with Gasteiger partial charge in [-0.1, -0.05) is 43.0 Å². The first-order valence-corrected chi connectivity index (χ1v) is 6.27. The lowest BCUT2D eigenvalue weighted by Gasteiger charge is -2.00. The average molecular weight is 237 g/mol. The zero-order valence-corrected chi connectivity index (χ0v) is 10.1. The van der Waals surface area contributed by atoms with Crippen molar-refractivity contribution in [1.82, 2.24) is 4.98 Å². The Bertz CT molecular complexity index is 668. The van der Waals surface area contributed by atoms with Crippen LogP contribution in [0.3, 0.4) is 0 Å². The van der Waals surface area contributed by atoms with E-state index in [9.17, 15) is 0 Å². The normalized spacial score (nSPS) is 10.6. The second kappa shape index (κ2) is 4.15. The van der Waals surface area contributed by atoms with Gasteiger partial charge < -0.3 is 0 Å². The van der Waals surface area contributed by atoms with E-state index < -0.39 is 0 Å². The minimum absolute atomic E-state index is 0.977. The molecular formula is C15H11NS. The van der Waals surface area contributed by atoms with Crippen molar-refractivity contribution in [2.24, 2.45) is 0 Å². The maximum absolute atomic E-state index is 4.47. The van der Waals surface area contributed by atoms with Crippen LogP contribution < -0.4 is 0 Å². The van der Waals surface area contributed by atoms with Gasteiger partial charge in [-0.25, -0.2) is 4.98 Å². The lowest BCUT2D eigenvalue weighted by molar-refractivity contribution is 1.46. The Morgan fingerprint density at radius 1 is 1.00 bits per heavy atom. The number of fused-ring (bicyclic) bond motifs is 1. The smallest absolute Gasteiger partial charge is 0.116 e. The lowest BCUT2D eigenvalue weighted by atomic mass is 10.1. The van der Waals surface area contributed by atoms with Crippen molar-refractivity contribution < 1.29 is 0 Å². The fourth-order valence-electron chi connectivity index (χ4n) is 1.84. The third-order valence-corrected chi connectivity index (χ3v) is 3.70. The van der Waals surface area contributed by atoms with Crippen molar-refractivity contribution in [3.63, 3.8) is 0 Å². The lowest BCUT2D eigenvalue weighted by Crippen LogP contribution is -1.76. The number of hydrogen-bond acceptors (Lipinski definition) is 2. The van der Waals surface area contributed by atoms with Gasteiger partial charge in [0.1, 0.15) is 5.01 Å². The van der Waals surface area contributed by atoms with E-state index >= 15 is 0 Å². The minimum atomic E-state index is 0.977. The molecule has 0 saturated heterocycles. The van der Waals surface area contributed by atoms with Gasteiger partial charge >= 0.3 is 0 Å². The van der Waals surface area contributed by atoms with E-state index in [2.05, 4.69) is 54.0 Å². The molecule has 0 atom stereocenters. The second-order valence-corrected chi connectivity index (χ2v) is 4.87. The Morgan fingerprint density at radius 2 is 1.82 bits per heavy atom. The second-order valence-electron chi connectivity index (χ2n) is 3.80. The SMILES string of the molecule is C=Cc1nc2ccc(-c3ccccc3)cc2s1. The first kappa shape index (κ1) is 10.2. The number of hydrogen-bond donors (Lipinski definition) is 0. The summed E-state index contributed by atoms with van der Waals surface area (Å²) in [7, 11) is 0. The van der Waals surface area contributed by atoms with Crippen LogP contribution in [0.5, 0.6) is 0 Å². The highest BCUT2D eigenvalue weighted by Crippen LogP contribution is 2.28. The van der Waals surface area contributed by atoms with E-state index in [0.717, 1.165) is 10.5 Å². The number of nitrogens with zero attached hydrogens (tertiary/aromatic N) is 1. The Kier molecular flexibility index (Phi) is 2.50. The van der Waals surface area contributed by atoms with Crippen LogP contribution in [0.4, 0.5) is 0 Å². The van der Waals surface area contributed by atoms with Gasteiger partial charge in [0.05, 0.1) is 10.2 Å². The highest BCUT2D eigenvalue weighted by atomic mass is 32.1. The van der Waals surface area contributed by atoms with Gasteiger partial charge in [0.2, 0.25) is 0 Å². The Labute approximate surface area is 104 Å². The maximum atomic E-state index is 4.47. The molecule has 0 N–H and O–H groups in total. The summed E-state index contributed by atoms with van der Waals surface area (Å²) < 4.78 is 1.21. The minimum Gasteiger partial charge on any atom is -0.237 e. The molecule has 1 heterocycles. The van der Waals surface area contributed by atoms with E-state index in [4.69, 9.17) is 0 Å². The zero-order chi connectivity index (χ0) is 11.7. The fraction of sp³-hybridized carbons (Fsp3) is 0. The Balaban J connectivity index is 2.16. The van der Waals surface area contributed by atoms with Crippen molar-refractivity contribution >= 4 is 27.6 Å². The highest BCUT2D eigenvalue weighted by molar-refractivity contribution is 7.19. The van der Waals surface area contributed by atoms with E-state index in [-0.39, 0.29) is 0 Å². The van der Waals surface area contributed by atoms with Crippen LogP contribution in [0.15, 0.2) is 55.1 Å². The molecule has 3 aromatic rings.